The molecule has 6 nitrogen and oxygen atoms in total. The number of phenolic OH excluding ortho intramolecular Hbond substituents is 1. The lowest BCUT2D eigenvalue weighted by Gasteiger charge is -2.04. The molecule has 0 bridgehead atoms. The molecule has 7 heteroatoms. The van der Waals surface area contributed by atoms with Gasteiger partial charge in [0.1, 0.15) is 0 Å². The van der Waals surface area contributed by atoms with Crippen LogP contribution in [0.1, 0.15) is 15.9 Å². The third-order valence-corrected chi connectivity index (χ3v) is 3.71. The molecule has 0 saturated heterocycles. The first-order chi connectivity index (χ1) is 11.3. The maximum Gasteiger partial charge on any atom is 0.229 e. The molecule has 0 heterocycles. The summed E-state index contributed by atoms with van der Waals surface area (Å²) in [6.45, 7) is 0. The van der Waals surface area contributed by atoms with E-state index in [-0.39, 0.29) is 11.5 Å². The first-order valence-corrected chi connectivity index (χ1v) is 8.85. The maximum absolute atomic E-state index is 12.1. The second-order valence-electron chi connectivity index (χ2n) is 5.08. The van der Waals surface area contributed by atoms with Crippen molar-refractivity contribution < 1.29 is 23.1 Å². The summed E-state index contributed by atoms with van der Waals surface area (Å²) in [5, 5.41) is 9.70. The van der Waals surface area contributed by atoms with Crippen molar-refractivity contribution in [2.45, 2.75) is 0 Å². The lowest BCUT2D eigenvalue weighted by molar-refractivity contribution is 0.104. The zero-order chi connectivity index (χ0) is 17.7. The van der Waals surface area contributed by atoms with Crippen LogP contribution < -0.4 is 9.46 Å². The summed E-state index contributed by atoms with van der Waals surface area (Å²) < 4.78 is 29.5. The number of carbonyl (C=O) groups is 1. The highest BCUT2D eigenvalue weighted by Gasteiger charge is 2.05. The number of hydrogen-bond acceptors (Lipinski definition) is 5. The van der Waals surface area contributed by atoms with Gasteiger partial charge in [-0.2, -0.15) is 0 Å². The first-order valence-electron chi connectivity index (χ1n) is 6.96. The highest BCUT2D eigenvalue weighted by Crippen LogP contribution is 2.26. The largest absolute Gasteiger partial charge is 0.504 e. The van der Waals surface area contributed by atoms with Crippen molar-refractivity contribution in [2.75, 3.05) is 18.1 Å². The summed E-state index contributed by atoms with van der Waals surface area (Å²) in [7, 11) is -1.89. The van der Waals surface area contributed by atoms with Crippen molar-refractivity contribution in [3.05, 3.63) is 59.7 Å². The molecule has 0 saturated carbocycles. The quantitative estimate of drug-likeness (QED) is 0.619. The van der Waals surface area contributed by atoms with Crippen LogP contribution in [-0.2, 0) is 10.0 Å². The highest BCUT2D eigenvalue weighted by molar-refractivity contribution is 7.92. The van der Waals surface area contributed by atoms with E-state index in [0.717, 1.165) is 6.26 Å². The summed E-state index contributed by atoms with van der Waals surface area (Å²) in [6, 6.07) is 10.9. The van der Waals surface area contributed by atoms with E-state index >= 15 is 0 Å². The van der Waals surface area contributed by atoms with Crippen LogP contribution in [0.15, 0.2) is 48.5 Å². The first kappa shape index (κ1) is 17.6. The number of aromatic hydroxyl groups is 1. The average Bonchev–Trinajstić information content (AvgIpc) is 2.52. The fraction of sp³-hybridized carbons (Fsp3) is 0.118. The number of carbonyl (C=O) groups excluding carboxylic acids is 1. The molecule has 0 aromatic heterocycles. The van der Waals surface area contributed by atoms with Crippen LogP contribution in [0, 0.1) is 0 Å². The topological polar surface area (TPSA) is 92.7 Å². The van der Waals surface area contributed by atoms with Crippen molar-refractivity contribution in [1.29, 1.82) is 0 Å². The minimum absolute atomic E-state index is 0.0108. The SMILES string of the molecule is COc1ccc(/C=C/C(=O)c2ccc(NS(C)(=O)=O)cc2)cc1O. The molecule has 2 rings (SSSR count). The second-order valence-corrected chi connectivity index (χ2v) is 6.83. The monoisotopic (exact) mass is 347 g/mol. The number of sulfonamides is 1. The summed E-state index contributed by atoms with van der Waals surface area (Å²) >= 11 is 0. The Hall–Kier alpha value is -2.80. The molecule has 126 valence electrons. The molecule has 0 aliphatic rings. The molecule has 0 amide bonds. The number of rotatable bonds is 6. The number of benzene rings is 2. The number of ketones is 1. The predicted molar refractivity (Wildman–Crippen MR) is 92.9 cm³/mol. The van der Waals surface area contributed by atoms with Gasteiger partial charge in [-0.05, 0) is 48.0 Å². The van der Waals surface area contributed by atoms with Gasteiger partial charge in [0.2, 0.25) is 10.0 Å². The normalized spacial score (nSPS) is 11.4. The summed E-state index contributed by atoms with van der Waals surface area (Å²) in [5.41, 5.74) is 1.46. The van der Waals surface area contributed by atoms with E-state index in [1.54, 1.807) is 18.2 Å². The number of methoxy groups -OCH3 is 1. The molecule has 2 aromatic rings. The predicted octanol–water partition coefficient (Wildman–Crippen LogP) is 2.67. The van der Waals surface area contributed by atoms with Crippen molar-refractivity contribution >= 4 is 27.6 Å². The van der Waals surface area contributed by atoms with Gasteiger partial charge in [-0.15, -0.1) is 0 Å². The molecule has 0 spiro atoms. The van der Waals surface area contributed by atoms with Gasteiger partial charge in [-0.3, -0.25) is 9.52 Å². The van der Waals surface area contributed by atoms with Gasteiger partial charge in [-0.1, -0.05) is 12.1 Å². The van der Waals surface area contributed by atoms with E-state index in [9.17, 15) is 18.3 Å². The smallest absolute Gasteiger partial charge is 0.229 e. The van der Waals surface area contributed by atoms with E-state index in [1.807, 2.05) is 0 Å². The molecule has 24 heavy (non-hydrogen) atoms. The molecular formula is C17H17NO5S. The zero-order valence-electron chi connectivity index (χ0n) is 13.2. The minimum Gasteiger partial charge on any atom is -0.504 e. The number of ether oxygens (including phenoxy) is 1. The number of phenols is 1. The Morgan fingerprint density at radius 1 is 1.17 bits per heavy atom. The van der Waals surface area contributed by atoms with Gasteiger partial charge in [-0.25, -0.2) is 8.42 Å². The Morgan fingerprint density at radius 3 is 2.38 bits per heavy atom. The fourth-order valence-electron chi connectivity index (χ4n) is 2.00. The van der Waals surface area contributed by atoms with Crippen molar-refractivity contribution in [2.24, 2.45) is 0 Å². The van der Waals surface area contributed by atoms with Gasteiger partial charge >= 0.3 is 0 Å². The van der Waals surface area contributed by atoms with Crippen LogP contribution in [0.5, 0.6) is 11.5 Å². The number of anilines is 1. The summed E-state index contributed by atoms with van der Waals surface area (Å²) in [5.74, 6) is 0.104. The Labute approximate surface area is 140 Å². The van der Waals surface area contributed by atoms with Gasteiger partial charge < -0.3 is 9.84 Å². The Balaban J connectivity index is 2.10. The third-order valence-electron chi connectivity index (χ3n) is 3.10. The standard InChI is InChI=1S/C17H17NO5S/c1-23-17-10-4-12(11-16(17)20)3-9-15(19)13-5-7-14(8-6-13)18-24(2,21)22/h3-11,18,20H,1-2H3/b9-3+. The molecule has 0 fully saturated rings. The third kappa shape index (κ3) is 4.85. The highest BCUT2D eigenvalue weighted by atomic mass is 32.2. The molecule has 2 aromatic carbocycles. The molecule has 0 radical (unpaired) electrons. The van der Waals surface area contributed by atoms with Gasteiger partial charge in [0.25, 0.3) is 0 Å². The molecule has 2 N–H and O–H groups in total. The maximum atomic E-state index is 12.1. The van der Waals surface area contributed by atoms with Gasteiger partial charge in [0.05, 0.1) is 13.4 Å². The van der Waals surface area contributed by atoms with Crippen LogP contribution in [0.2, 0.25) is 0 Å². The number of hydrogen-bond donors (Lipinski definition) is 2. The van der Waals surface area contributed by atoms with E-state index in [4.69, 9.17) is 4.74 Å². The van der Waals surface area contributed by atoms with Crippen molar-refractivity contribution in [3.63, 3.8) is 0 Å². The lowest BCUT2D eigenvalue weighted by Crippen LogP contribution is -2.09. The van der Waals surface area contributed by atoms with Gasteiger partial charge in [0.15, 0.2) is 17.3 Å². The summed E-state index contributed by atoms with van der Waals surface area (Å²) in [6.07, 6.45) is 4.00. The van der Waals surface area contributed by atoms with Gasteiger partial charge in [0, 0.05) is 11.3 Å². The Kier molecular flexibility index (Phi) is 5.25. The molecule has 0 aliphatic carbocycles. The average molecular weight is 347 g/mol. The molecule has 0 atom stereocenters. The Bertz CT molecular complexity index is 870. The van der Waals surface area contributed by atoms with Crippen molar-refractivity contribution in [1.82, 2.24) is 0 Å². The summed E-state index contributed by atoms with van der Waals surface area (Å²) in [4.78, 5) is 12.1. The van der Waals surface area contributed by atoms with Crippen LogP contribution in [0.3, 0.4) is 0 Å². The van der Waals surface area contributed by atoms with E-state index in [2.05, 4.69) is 4.72 Å². The van der Waals surface area contributed by atoms with E-state index < -0.39 is 10.0 Å². The van der Waals surface area contributed by atoms with Crippen LogP contribution >= 0.6 is 0 Å². The number of allylic oxidation sites excluding steroid dienone is 1. The molecule has 0 unspecified atom stereocenters. The number of nitrogens with one attached hydrogen (secondary N) is 1. The fourth-order valence-corrected chi connectivity index (χ4v) is 2.56. The Morgan fingerprint density at radius 2 is 1.83 bits per heavy atom. The zero-order valence-corrected chi connectivity index (χ0v) is 14.0. The van der Waals surface area contributed by atoms with Crippen LogP contribution in [-0.4, -0.2) is 32.7 Å². The van der Waals surface area contributed by atoms with Crippen LogP contribution in [0.4, 0.5) is 5.69 Å². The van der Waals surface area contributed by atoms with E-state index in [0.29, 0.717) is 22.6 Å². The van der Waals surface area contributed by atoms with Crippen molar-refractivity contribution in [3.8, 4) is 11.5 Å². The van der Waals surface area contributed by atoms with Crippen LogP contribution in [0.25, 0.3) is 6.08 Å². The lowest BCUT2D eigenvalue weighted by atomic mass is 10.1. The molecular weight excluding hydrogens is 330 g/mol. The second kappa shape index (κ2) is 7.18. The van der Waals surface area contributed by atoms with E-state index in [1.165, 1.54) is 43.5 Å². The molecule has 0 aliphatic heterocycles. The minimum atomic E-state index is -3.35.